The summed E-state index contributed by atoms with van der Waals surface area (Å²) in [7, 11) is 0. The van der Waals surface area contributed by atoms with E-state index in [0.29, 0.717) is 44.1 Å². The van der Waals surface area contributed by atoms with Gasteiger partial charge in [0.15, 0.2) is 5.82 Å². The first-order chi connectivity index (χ1) is 18.6. The first kappa shape index (κ1) is 24.8. The van der Waals surface area contributed by atoms with E-state index in [-0.39, 0.29) is 29.7 Å². The number of carbonyl (C=O) groups excluding carboxylic acids is 2. The number of amides is 2. The van der Waals surface area contributed by atoms with Crippen molar-refractivity contribution in [1.29, 1.82) is 0 Å². The van der Waals surface area contributed by atoms with Gasteiger partial charge in [0.2, 0.25) is 17.7 Å². The van der Waals surface area contributed by atoms with E-state index in [9.17, 15) is 9.59 Å². The van der Waals surface area contributed by atoms with Gasteiger partial charge in [-0.3, -0.25) is 9.59 Å². The largest absolute Gasteiger partial charge is 0.356 e. The molecule has 3 aliphatic rings. The Balaban J connectivity index is 1.27. The van der Waals surface area contributed by atoms with Gasteiger partial charge in [-0.25, -0.2) is 0 Å². The molecule has 3 fully saturated rings. The molecule has 38 heavy (non-hydrogen) atoms. The van der Waals surface area contributed by atoms with Gasteiger partial charge in [0.05, 0.1) is 11.3 Å². The molecule has 7 heteroatoms. The third-order valence-electron chi connectivity index (χ3n) is 8.68. The fourth-order valence-electron chi connectivity index (χ4n) is 6.43. The number of aromatic nitrogens is 2. The molecule has 2 aromatic carbocycles. The lowest BCUT2D eigenvalue weighted by Gasteiger charge is -2.35. The number of hydrogen-bond acceptors (Lipinski definition) is 5. The van der Waals surface area contributed by atoms with Gasteiger partial charge in [-0.2, -0.15) is 4.98 Å². The minimum absolute atomic E-state index is 0.0436. The predicted molar refractivity (Wildman–Crippen MR) is 143 cm³/mol. The quantitative estimate of drug-likeness (QED) is 0.532. The smallest absolute Gasteiger partial charge is 0.233 e. The number of rotatable bonds is 5. The van der Waals surface area contributed by atoms with Gasteiger partial charge in [0, 0.05) is 31.5 Å². The zero-order chi connectivity index (χ0) is 26.0. The van der Waals surface area contributed by atoms with Crippen LogP contribution < -0.4 is 5.32 Å². The van der Waals surface area contributed by atoms with Crippen LogP contribution in [0.2, 0.25) is 0 Å². The highest BCUT2D eigenvalue weighted by molar-refractivity contribution is 5.92. The highest BCUT2D eigenvalue weighted by Crippen LogP contribution is 2.51. The normalized spacial score (nSPS) is 25.2. The average molecular weight is 513 g/mol. The fourth-order valence-corrected chi connectivity index (χ4v) is 6.43. The van der Waals surface area contributed by atoms with Crippen molar-refractivity contribution in [3.05, 3.63) is 83.5 Å². The van der Waals surface area contributed by atoms with Gasteiger partial charge in [-0.1, -0.05) is 78.7 Å². The van der Waals surface area contributed by atoms with Gasteiger partial charge >= 0.3 is 0 Å². The highest BCUT2D eigenvalue weighted by atomic mass is 16.5. The molecule has 0 bridgehead atoms. The predicted octanol–water partition coefficient (Wildman–Crippen LogP) is 4.77. The minimum Gasteiger partial charge on any atom is -0.356 e. The first-order valence-corrected chi connectivity index (χ1v) is 14.1. The Labute approximate surface area is 224 Å². The molecule has 3 atom stereocenters. The second-order valence-electron chi connectivity index (χ2n) is 11.2. The molecule has 1 N–H and O–H groups in total. The molecular weight excluding hydrogens is 476 g/mol. The molecule has 2 aliphatic carbocycles. The monoisotopic (exact) mass is 512 g/mol. The summed E-state index contributed by atoms with van der Waals surface area (Å²) in [5.41, 5.74) is 1.77. The third kappa shape index (κ3) is 4.98. The molecule has 2 amide bonds. The summed E-state index contributed by atoms with van der Waals surface area (Å²) in [6.45, 7) is 1.38. The van der Waals surface area contributed by atoms with Crippen LogP contribution in [0.4, 0.5) is 0 Å². The van der Waals surface area contributed by atoms with E-state index in [1.807, 2.05) is 36.4 Å². The summed E-state index contributed by atoms with van der Waals surface area (Å²) in [4.78, 5) is 34.5. The Hall–Kier alpha value is -3.48. The Morgan fingerprint density at radius 1 is 0.974 bits per heavy atom. The summed E-state index contributed by atoms with van der Waals surface area (Å²) >= 11 is 0. The molecule has 1 saturated heterocycles. The Morgan fingerprint density at radius 2 is 1.71 bits per heavy atom. The molecule has 198 valence electrons. The van der Waals surface area contributed by atoms with Gasteiger partial charge in [0.25, 0.3) is 0 Å². The van der Waals surface area contributed by atoms with Crippen molar-refractivity contribution in [2.75, 3.05) is 13.1 Å². The van der Waals surface area contributed by atoms with E-state index >= 15 is 0 Å². The van der Waals surface area contributed by atoms with Crippen LogP contribution in [0.1, 0.15) is 80.1 Å². The third-order valence-corrected chi connectivity index (χ3v) is 8.68. The van der Waals surface area contributed by atoms with Gasteiger partial charge in [0.1, 0.15) is 0 Å². The summed E-state index contributed by atoms with van der Waals surface area (Å²) in [5.74, 6) is 1.14. The molecule has 0 spiro atoms. The Morgan fingerprint density at radius 3 is 2.47 bits per heavy atom. The molecule has 2 heterocycles. The van der Waals surface area contributed by atoms with Crippen molar-refractivity contribution in [2.45, 2.75) is 75.2 Å². The van der Waals surface area contributed by atoms with Crippen LogP contribution in [0.15, 0.2) is 65.2 Å². The summed E-state index contributed by atoms with van der Waals surface area (Å²) in [5, 5.41) is 7.41. The van der Waals surface area contributed by atoms with Crippen molar-refractivity contribution >= 4 is 11.8 Å². The number of hydrogen-bond donors (Lipinski definition) is 1. The molecule has 1 aromatic heterocycles. The van der Waals surface area contributed by atoms with Crippen molar-refractivity contribution in [2.24, 2.45) is 5.92 Å². The molecule has 0 unspecified atom stereocenters. The van der Waals surface area contributed by atoms with Crippen LogP contribution in [0.25, 0.3) is 0 Å². The average Bonchev–Trinajstić information content (AvgIpc) is 3.44. The maximum absolute atomic E-state index is 14.3. The first-order valence-electron chi connectivity index (χ1n) is 14.1. The van der Waals surface area contributed by atoms with Crippen molar-refractivity contribution in [3.63, 3.8) is 0 Å². The molecule has 1 aliphatic heterocycles. The van der Waals surface area contributed by atoms with E-state index in [1.54, 1.807) is 0 Å². The maximum Gasteiger partial charge on any atom is 0.233 e. The maximum atomic E-state index is 14.3. The second-order valence-corrected chi connectivity index (χ2v) is 11.2. The van der Waals surface area contributed by atoms with Crippen molar-refractivity contribution in [1.82, 2.24) is 20.4 Å². The molecular formula is C31H36N4O3. The van der Waals surface area contributed by atoms with E-state index in [0.717, 1.165) is 49.7 Å². The zero-order valence-corrected chi connectivity index (χ0v) is 21.9. The van der Waals surface area contributed by atoms with Crippen LogP contribution in [0, 0.1) is 5.92 Å². The standard InChI is InChI=1S/C31H36N4O3/c36-28-25-20-23(29-33-27(34-38-29)19-22-11-5-3-6-12-22)21-26(25)35(18-10-2-1-9-17-32-28)30(37)31(15-16-31)24-13-7-4-8-14-24/h3-8,11-14,23,25-26H,1-2,9-10,15-21H2,(H,32,36)/t23-,25-,26+/m1/s1. The molecule has 2 saturated carbocycles. The van der Waals surface area contributed by atoms with E-state index < -0.39 is 5.41 Å². The van der Waals surface area contributed by atoms with E-state index in [4.69, 9.17) is 9.51 Å². The molecule has 3 aromatic rings. The van der Waals surface area contributed by atoms with Crippen LogP contribution >= 0.6 is 0 Å². The number of nitrogens with one attached hydrogen (secondary N) is 1. The van der Waals surface area contributed by atoms with Crippen molar-refractivity contribution < 1.29 is 14.1 Å². The van der Waals surface area contributed by atoms with Crippen LogP contribution in [-0.4, -0.2) is 46.0 Å². The lowest BCUT2D eigenvalue weighted by Crippen LogP contribution is -2.50. The number of benzene rings is 2. The second kappa shape index (κ2) is 10.7. The van der Waals surface area contributed by atoms with E-state index in [1.165, 1.54) is 0 Å². The number of fused-ring (bicyclic) bond motifs is 1. The van der Waals surface area contributed by atoms with Crippen LogP contribution in [-0.2, 0) is 21.4 Å². The Bertz CT molecular complexity index is 1250. The van der Waals surface area contributed by atoms with Crippen molar-refractivity contribution in [3.8, 4) is 0 Å². The fraction of sp³-hybridized carbons (Fsp3) is 0.484. The van der Waals surface area contributed by atoms with E-state index in [2.05, 4.69) is 39.6 Å². The molecule has 6 rings (SSSR count). The number of nitrogens with zero attached hydrogens (tertiary/aromatic N) is 3. The summed E-state index contributed by atoms with van der Waals surface area (Å²) in [6, 6.07) is 20.1. The van der Waals surface area contributed by atoms with Gasteiger partial charge in [-0.15, -0.1) is 0 Å². The van der Waals surface area contributed by atoms with Crippen LogP contribution in [0.3, 0.4) is 0 Å². The van der Waals surface area contributed by atoms with Gasteiger partial charge in [-0.05, 0) is 49.7 Å². The van der Waals surface area contributed by atoms with Crippen LogP contribution in [0.5, 0.6) is 0 Å². The Kier molecular flexibility index (Phi) is 7.00. The SMILES string of the molecule is O=C1NCCCCCCN(C(=O)C2(c3ccccc3)CC2)[C@H]2C[C@H](c3nc(Cc4ccccc4)no3)C[C@@H]12. The topological polar surface area (TPSA) is 88.3 Å². The molecule has 7 nitrogen and oxygen atoms in total. The zero-order valence-electron chi connectivity index (χ0n) is 21.9. The molecule has 0 radical (unpaired) electrons. The minimum atomic E-state index is -0.451. The lowest BCUT2D eigenvalue weighted by atomic mass is 9.91. The number of carbonyl (C=O) groups is 2. The summed E-state index contributed by atoms with van der Waals surface area (Å²) < 4.78 is 5.74. The van der Waals surface area contributed by atoms with Gasteiger partial charge < -0.3 is 14.7 Å². The highest BCUT2D eigenvalue weighted by Gasteiger charge is 2.56. The lowest BCUT2D eigenvalue weighted by molar-refractivity contribution is -0.139. The summed E-state index contributed by atoms with van der Waals surface area (Å²) in [6.07, 6.45) is 7.68.